The maximum atomic E-state index is 11.9. The number of carbonyl (C=O) groups excluding carboxylic acids is 1. The number of hydrogen-bond acceptors (Lipinski definition) is 3. The molecule has 0 radical (unpaired) electrons. The quantitative estimate of drug-likeness (QED) is 0.750. The van der Waals surface area contributed by atoms with E-state index in [0.717, 1.165) is 29.9 Å². The highest BCUT2D eigenvalue weighted by molar-refractivity contribution is 5.92. The van der Waals surface area contributed by atoms with E-state index in [1.807, 2.05) is 27.9 Å². The van der Waals surface area contributed by atoms with Crippen LogP contribution in [0.15, 0.2) is 12.1 Å². The minimum absolute atomic E-state index is 0.0670. The number of carbonyl (C=O) groups is 1. The molecule has 0 fully saturated rings. The van der Waals surface area contributed by atoms with Gasteiger partial charge in [-0.25, -0.2) is 0 Å². The van der Waals surface area contributed by atoms with Crippen LogP contribution >= 0.6 is 0 Å². The van der Waals surface area contributed by atoms with E-state index in [-0.39, 0.29) is 5.91 Å². The van der Waals surface area contributed by atoms with Crippen LogP contribution in [0.25, 0.3) is 0 Å². The summed E-state index contributed by atoms with van der Waals surface area (Å²) in [6.07, 6.45) is 0.500. The van der Waals surface area contributed by atoms with Crippen molar-refractivity contribution in [2.45, 2.75) is 27.2 Å². The summed E-state index contributed by atoms with van der Waals surface area (Å²) in [6.45, 7) is 8.74. The van der Waals surface area contributed by atoms with Gasteiger partial charge in [0.2, 0.25) is 5.91 Å². The van der Waals surface area contributed by atoms with E-state index in [1.165, 1.54) is 5.56 Å². The Morgan fingerprint density at radius 1 is 1.10 bits per heavy atom. The molecule has 0 heterocycles. The van der Waals surface area contributed by atoms with Crippen LogP contribution in [0, 0.1) is 20.8 Å². The minimum atomic E-state index is 0.0670. The summed E-state index contributed by atoms with van der Waals surface area (Å²) in [4.78, 5) is 14.1. The molecule has 1 amide bonds. The Bertz CT molecular complexity index is 432. The SMILES string of the molecule is Cc1cc(C)c(NC(=O)CCNCCN(C)C)c(C)c1. The number of rotatable bonds is 7. The molecule has 1 aromatic rings. The van der Waals surface area contributed by atoms with Crippen LogP contribution in [0.2, 0.25) is 0 Å². The Morgan fingerprint density at radius 3 is 2.25 bits per heavy atom. The predicted molar refractivity (Wildman–Crippen MR) is 85.3 cm³/mol. The van der Waals surface area contributed by atoms with Gasteiger partial charge in [0.25, 0.3) is 0 Å². The van der Waals surface area contributed by atoms with Gasteiger partial charge in [-0.1, -0.05) is 17.7 Å². The Balaban J connectivity index is 2.39. The number of hydrogen-bond donors (Lipinski definition) is 2. The average molecular weight is 277 g/mol. The van der Waals surface area contributed by atoms with E-state index < -0.39 is 0 Å². The summed E-state index contributed by atoms with van der Waals surface area (Å²) in [7, 11) is 4.08. The van der Waals surface area contributed by atoms with Crippen molar-refractivity contribution in [3.8, 4) is 0 Å². The van der Waals surface area contributed by atoms with Crippen molar-refractivity contribution in [3.63, 3.8) is 0 Å². The van der Waals surface area contributed by atoms with Gasteiger partial charge in [-0.05, 0) is 46.0 Å². The van der Waals surface area contributed by atoms with E-state index in [1.54, 1.807) is 0 Å². The van der Waals surface area contributed by atoms with Gasteiger partial charge >= 0.3 is 0 Å². The zero-order chi connectivity index (χ0) is 15.1. The standard InChI is InChI=1S/C16H27N3O/c1-12-10-13(2)16(14(3)11-12)18-15(20)6-7-17-8-9-19(4)5/h10-11,17H,6-9H2,1-5H3,(H,18,20). The van der Waals surface area contributed by atoms with Gasteiger partial charge in [-0.15, -0.1) is 0 Å². The highest BCUT2D eigenvalue weighted by Gasteiger charge is 2.07. The van der Waals surface area contributed by atoms with Gasteiger partial charge in [0, 0.05) is 31.7 Å². The zero-order valence-electron chi connectivity index (χ0n) is 13.3. The number of nitrogens with one attached hydrogen (secondary N) is 2. The first-order valence-electron chi connectivity index (χ1n) is 7.13. The maximum absolute atomic E-state index is 11.9. The number of likely N-dealkylation sites (N-methyl/N-ethyl adjacent to an activating group) is 1. The molecule has 112 valence electrons. The Labute approximate surface area is 122 Å². The van der Waals surface area contributed by atoms with Crippen molar-refractivity contribution >= 4 is 11.6 Å². The summed E-state index contributed by atoms with van der Waals surface area (Å²) >= 11 is 0. The molecule has 0 saturated heterocycles. The third-order valence-corrected chi connectivity index (χ3v) is 3.21. The smallest absolute Gasteiger partial charge is 0.225 e. The van der Waals surface area contributed by atoms with Crippen molar-refractivity contribution in [1.82, 2.24) is 10.2 Å². The van der Waals surface area contributed by atoms with Crippen LogP contribution in [0.4, 0.5) is 5.69 Å². The van der Waals surface area contributed by atoms with Gasteiger partial charge in [-0.2, -0.15) is 0 Å². The van der Waals surface area contributed by atoms with E-state index in [9.17, 15) is 4.79 Å². The van der Waals surface area contributed by atoms with Crippen LogP contribution < -0.4 is 10.6 Å². The molecule has 0 saturated carbocycles. The summed E-state index contributed by atoms with van der Waals surface area (Å²) in [5.74, 6) is 0.0670. The molecule has 20 heavy (non-hydrogen) atoms. The van der Waals surface area contributed by atoms with Gasteiger partial charge < -0.3 is 15.5 Å². The lowest BCUT2D eigenvalue weighted by molar-refractivity contribution is -0.116. The van der Waals surface area contributed by atoms with Crippen LogP contribution in [0.1, 0.15) is 23.1 Å². The highest BCUT2D eigenvalue weighted by atomic mass is 16.1. The second-order valence-corrected chi connectivity index (χ2v) is 5.63. The fraction of sp³-hybridized carbons (Fsp3) is 0.562. The van der Waals surface area contributed by atoms with E-state index in [4.69, 9.17) is 0 Å². The first-order valence-corrected chi connectivity index (χ1v) is 7.13. The van der Waals surface area contributed by atoms with Crippen molar-refractivity contribution < 1.29 is 4.79 Å². The fourth-order valence-corrected chi connectivity index (χ4v) is 2.21. The van der Waals surface area contributed by atoms with Crippen LogP contribution in [0.3, 0.4) is 0 Å². The predicted octanol–water partition coefficient (Wildman–Crippen LogP) is 2.09. The van der Waals surface area contributed by atoms with Crippen molar-refractivity contribution in [3.05, 3.63) is 28.8 Å². The molecule has 0 aliphatic carbocycles. The molecule has 0 unspecified atom stereocenters. The largest absolute Gasteiger partial charge is 0.326 e. The number of amides is 1. The molecule has 1 aromatic carbocycles. The van der Waals surface area contributed by atoms with Gasteiger partial charge in [0.15, 0.2) is 0 Å². The molecule has 0 aliphatic rings. The minimum Gasteiger partial charge on any atom is -0.326 e. The van der Waals surface area contributed by atoms with E-state index in [2.05, 4.69) is 34.6 Å². The molecular formula is C16H27N3O. The van der Waals surface area contributed by atoms with Crippen LogP contribution in [-0.2, 0) is 4.79 Å². The van der Waals surface area contributed by atoms with E-state index in [0.29, 0.717) is 13.0 Å². The molecule has 1 rings (SSSR count). The summed E-state index contributed by atoms with van der Waals surface area (Å²) in [5.41, 5.74) is 4.42. The average Bonchev–Trinajstić information content (AvgIpc) is 2.33. The normalized spacial score (nSPS) is 10.9. The molecule has 0 bridgehead atoms. The fourth-order valence-electron chi connectivity index (χ4n) is 2.21. The molecule has 0 aliphatic heterocycles. The van der Waals surface area contributed by atoms with Crippen molar-refractivity contribution in [1.29, 1.82) is 0 Å². The Morgan fingerprint density at radius 2 is 1.70 bits per heavy atom. The van der Waals surface area contributed by atoms with Crippen molar-refractivity contribution in [2.24, 2.45) is 0 Å². The van der Waals surface area contributed by atoms with Gasteiger partial charge in [-0.3, -0.25) is 4.79 Å². The topological polar surface area (TPSA) is 44.4 Å². The van der Waals surface area contributed by atoms with Gasteiger partial charge in [0.05, 0.1) is 0 Å². The molecule has 0 spiro atoms. The van der Waals surface area contributed by atoms with Crippen LogP contribution in [-0.4, -0.2) is 44.5 Å². The number of anilines is 1. The highest BCUT2D eigenvalue weighted by Crippen LogP contribution is 2.21. The second kappa shape index (κ2) is 8.02. The maximum Gasteiger partial charge on any atom is 0.225 e. The Hall–Kier alpha value is -1.39. The Kier molecular flexibility index (Phi) is 6.68. The lowest BCUT2D eigenvalue weighted by Crippen LogP contribution is -2.29. The van der Waals surface area contributed by atoms with Gasteiger partial charge in [0.1, 0.15) is 0 Å². The summed E-state index contributed by atoms with van der Waals surface area (Å²) in [5, 5.41) is 6.29. The van der Waals surface area contributed by atoms with Crippen LogP contribution in [0.5, 0.6) is 0 Å². The van der Waals surface area contributed by atoms with E-state index >= 15 is 0 Å². The second-order valence-electron chi connectivity index (χ2n) is 5.63. The van der Waals surface area contributed by atoms with Crippen molar-refractivity contribution in [2.75, 3.05) is 39.0 Å². The molecule has 0 aromatic heterocycles. The molecule has 0 atom stereocenters. The molecular weight excluding hydrogens is 250 g/mol. The number of nitrogens with zero attached hydrogens (tertiary/aromatic N) is 1. The summed E-state index contributed by atoms with van der Waals surface area (Å²) < 4.78 is 0. The number of aryl methyl sites for hydroxylation is 3. The lowest BCUT2D eigenvalue weighted by Gasteiger charge is -2.13. The number of benzene rings is 1. The molecule has 4 heteroatoms. The first kappa shape index (κ1) is 16.7. The lowest BCUT2D eigenvalue weighted by atomic mass is 10.1. The summed E-state index contributed by atoms with van der Waals surface area (Å²) in [6, 6.07) is 4.19. The molecule has 4 nitrogen and oxygen atoms in total. The molecule has 2 N–H and O–H groups in total. The third-order valence-electron chi connectivity index (χ3n) is 3.21. The third kappa shape index (κ3) is 5.72. The monoisotopic (exact) mass is 277 g/mol. The zero-order valence-corrected chi connectivity index (χ0v) is 13.3. The first-order chi connectivity index (χ1) is 9.40.